The van der Waals surface area contributed by atoms with E-state index in [1.807, 2.05) is 13.8 Å². The molecule has 2 aromatic rings. The van der Waals surface area contributed by atoms with Gasteiger partial charge in [0, 0.05) is 23.4 Å². The maximum atomic E-state index is 12.6. The predicted octanol–water partition coefficient (Wildman–Crippen LogP) is 4.53. The maximum Gasteiger partial charge on any atom is 0.255 e. The first-order valence-corrected chi connectivity index (χ1v) is 9.57. The normalized spacial score (nSPS) is 10.3. The number of hydrogen-bond donors (Lipinski definition) is 2. The predicted molar refractivity (Wildman–Crippen MR) is 111 cm³/mol. The summed E-state index contributed by atoms with van der Waals surface area (Å²) in [6, 6.07) is 9.85. The third-order valence-corrected chi connectivity index (χ3v) is 4.14. The van der Waals surface area contributed by atoms with Crippen molar-refractivity contribution in [2.75, 3.05) is 25.6 Å². The van der Waals surface area contributed by atoms with Gasteiger partial charge in [-0.3, -0.25) is 9.59 Å². The van der Waals surface area contributed by atoms with E-state index in [1.54, 1.807) is 30.3 Å². The van der Waals surface area contributed by atoms with Crippen molar-refractivity contribution in [2.24, 2.45) is 0 Å². The average molecular weight is 405 g/mol. The Kier molecular flexibility index (Phi) is 8.14. The van der Waals surface area contributed by atoms with Gasteiger partial charge in [-0.2, -0.15) is 0 Å². The van der Waals surface area contributed by atoms with Gasteiger partial charge in [-0.05, 0) is 43.2 Å². The van der Waals surface area contributed by atoms with E-state index in [9.17, 15) is 9.59 Å². The zero-order valence-electron chi connectivity index (χ0n) is 16.3. The van der Waals surface area contributed by atoms with Gasteiger partial charge in [0.1, 0.15) is 0 Å². The Bertz CT molecular complexity index is 839. The van der Waals surface area contributed by atoms with E-state index in [0.717, 1.165) is 12.8 Å². The van der Waals surface area contributed by atoms with E-state index in [2.05, 4.69) is 10.6 Å². The largest absolute Gasteiger partial charge is 0.493 e. The van der Waals surface area contributed by atoms with E-state index >= 15 is 0 Å². The van der Waals surface area contributed by atoms with Crippen LogP contribution in [0.15, 0.2) is 36.4 Å². The number of anilines is 1. The lowest BCUT2D eigenvalue weighted by atomic mass is 10.1. The molecule has 0 spiro atoms. The number of amides is 2. The van der Waals surface area contributed by atoms with Crippen LogP contribution in [0.1, 0.15) is 47.4 Å². The van der Waals surface area contributed by atoms with E-state index in [0.29, 0.717) is 46.5 Å². The lowest BCUT2D eigenvalue weighted by molar-refractivity contribution is 0.0952. The van der Waals surface area contributed by atoms with E-state index in [4.69, 9.17) is 21.1 Å². The van der Waals surface area contributed by atoms with Gasteiger partial charge in [0.05, 0.1) is 18.7 Å². The van der Waals surface area contributed by atoms with Crippen LogP contribution in [-0.2, 0) is 0 Å². The van der Waals surface area contributed by atoms with Gasteiger partial charge in [-0.15, -0.1) is 0 Å². The van der Waals surface area contributed by atoms with E-state index < -0.39 is 0 Å². The second-order valence-electron chi connectivity index (χ2n) is 6.13. The second-order valence-corrected chi connectivity index (χ2v) is 6.54. The Hall–Kier alpha value is -2.73. The molecule has 28 heavy (non-hydrogen) atoms. The Labute approximate surface area is 170 Å². The van der Waals surface area contributed by atoms with Crippen molar-refractivity contribution in [1.29, 1.82) is 0 Å². The van der Waals surface area contributed by atoms with Gasteiger partial charge in [0.15, 0.2) is 11.5 Å². The third kappa shape index (κ3) is 5.63. The molecular weight excluding hydrogens is 380 g/mol. The first-order chi connectivity index (χ1) is 13.5. The van der Waals surface area contributed by atoms with Crippen LogP contribution < -0.4 is 20.1 Å². The molecule has 0 fully saturated rings. The van der Waals surface area contributed by atoms with Crippen molar-refractivity contribution in [3.05, 3.63) is 52.5 Å². The van der Waals surface area contributed by atoms with Gasteiger partial charge >= 0.3 is 0 Å². The van der Waals surface area contributed by atoms with Gasteiger partial charge < -0.3 is 20.1 Å². The average Bonchev–Trinajstić information content (AvgIpc) is 2.70. The number of carbonyl (C=O) groups excluding carboxylic acids is 2. The molecule has 0 saturated heterocycles. The summed E-state index contributed by atoms with van der Waals surface area (Å²) in [5.74, 6) is 0.254. The fourth-order valence-corrected chi connectivity index (χ4v) is 2.74. The van der Waals surface area contributed by atoms with Crippen molar-refractivity contribution >= 4 is 29.1 Å². The van der Waals surface area contributed by atoms with E-state index in [-0.39, 0.29) is 11.8 Å². The minimum atomic E-state index is -0.367. The summed E-state index contributed by atoms with van der Waals surface area (Å²) >= 11 is 6.27. The number of methoxy groups -OCH3 is 1. The second kappa shape index (κ2) is 10.6. The van der Waals surface area contributed by atoms with Crippen LogP contribution in [0.5, 0.6) is 11.5 Å². The van der Waals surface area contributed by atoms with Gasteiger partial charge in [-0.25, -0.2) is 0 Å². The summed E-state index contributed by atoms with van der Waals surface area (Å²) in [6.07, 6.45) is 1.67. The summed E-state index contributed by atoms with van der Waals surface area (Å²) in [6.45, 7) is 5.06. The highest BCUT2D eigenvalue weighted by Gasteiger charge is 2.16. The zero-order valence-corrected chi connectivity index (χ0v) is 17.1. The molecule has 6 nitrogen and oxygen atoms in total. The van der Waals surface area contributed by atoms with E-state index in [1.165, 1.54) is 13.2 Å². The first kappa shape index (κ1) is 21.6. The smallest absolute Gasteiger partial charge is 0.255 e. The fourth-order valence-electron chi connectivity index (χ4n) is 2.48. The van der Waals surface area contributed by atoms with Crippen molar-refractivity contribution in [3.63, 3.8) is 0 Å². The number of hydrogen-bond acceptors (Lipinski definition) is 4. The van der Waals surface area contributed by atoms with Crippen LogP contribution in [-0.4, -0.2) is 32.1 Å². The highest BCUT2D eigenvalue weighted by atomic mass is 35.5. The molecule has 2 N–H and O–H groups in total. The summed E-state index contributed by atoms with van der Waals surface area (Å²) in [5, 5.41) is 5.88. The summed E-state index contributed by atoms with van der Waals surface area (Å²) in [5.41, 5.74) is 1.31. The van der Waals surface area contributed by atoms with Crippen molar-refractivity contribution in [2.45, 2.75) is 26.7 Å². The molecule has 0 aliphatic carbocycles. The molecular formula is C21H25ClN2O4. The van der Waals surface area contributed by atoms with Crippen LogP contribution in [0.3, 0.4) is 0 Å². The molecule has 2 amide bonds. The molecule has 0 unspecified atom stereocenters. The molecule has 7 heteroatoms. The highest BCUT2D eigenvalue weighted by molar-refractivity contribution is 6.32. The molecule has 0 aliphatic heterocycles. The van der Waals surface area contributed by atoms with Gasteiger partial charge in [0.2, 0.25) is 0 Å². The van der Waals surface area contributed by atoms with Crippen molar-refractivity contribution in [3.8, 4) is 11.5 Å². The molecule has 0 aliphatic rings. The molecule has 0 bridgehead atoms. The standard InChI is InChI=1S/C21H25ClN2O4/c1-4-9-23-20(25)14-7-6-8-16(11-14)24-21(26)15-12-17(22)19(28-10-5-2)18(13-15)27-3/h6-8,11-13H,4-5,9-10H2,1-3H3,(H,23,25)(H,24,26). The van der Waals surface area contributed by atoms with Crippen molar-refractivity contribution < 1.29 is 19.1 Å². The Balaban J connectivity index is 2.19. The van der Waals surface area contributed by atoms with Gasteiger partial charge in [0.25, 0.3) is 11.8 Å². The number of rotatable bonds is 9. The van der Waals surface area contributed by atoms with Gasteiger partial charge in [-0.1, -0.05) is 31.5 Å². The molecule has 0 atom stereocenters. The summed E-state index contributed by atoms with van der Waals surface area (Å²) in [4.78, 5) is 24.7. The molecule has 0 saturated carbocycles. The number of halogens is 1. The van der Waals surface area contributed by atoms with Crippen molar-refractivity contribution in [1.82, 2.24) is 5.32 Å². The number of benzene rings is 2. The molecule has 2 aromatic carbocycles. The highest BCUT2D eigenvalue weighted by Crippen LogP contribution is 2.36. The van der Waals surface area contributed by atoms with Crippen LogP contribution in [0, 0.1) is 0 Å². The quantitative estimate of drug-likeness (QED) is 0.643. The molecule has 150 valence electrons. The maximum absolute atomic E-state index is 12.6. The number of nitrogens with one attached hydrogen (secondary N) is 2. The lowest BCUT2D eigenvalue weighted by Gasteiger charge is -2.14. The van der Waals surface area contributed by atoms with Crippen LogP contribution in [0.25, 0.3) is 0 Å². The monoisotopic (exact) mass is 404 g/mol. The molecule has 2 rings (SSSR count). The Morgan fingerprint density at radius 3 is 2.50 bits per heavy atom. The molecule has 0 radical (unpaired) electrons. The molecule has 0 aromatic heterocycles. The topological polar surface area (TPSA) is 76.7 Å². The summed E-state index contributed by atoms with van der Waals surface area (Å²) in [7, 11) is 1.49. The Morgan fingerprint density at radius 2 is 1.82 bits per heavy atom. The number of carbonyl (C=O) groups is 2. The zero-order chi connectivity index (χ0) is 20.5. The van der Waals surface area contributed by atoms with Crippen LogP contribution >= 0.6 is 11.6 Å². The third-order valence-electron chi connectivity index (χ3n) is 3.86. The SMILES string of the molecule is CCCNC(=O)c1cccc(NC(=O)c2cc(Cl)c(OCCC)c(OC)c2)c1. The lowest BCUT2D eigenvalue weighted by Crippen LogP contribution is -2.24. The first-order valence-electron chi connectivity index (χ1n) is 9.20. The summed E-state index contributed by atoms with van der Waals surface area (Å²) < 4.78 is 10.9. The fraction of sp³-hybridized carbons (Fsp3) is 0.333. The number of ether oxygens (including phenoxy) is 2. The van der Waals surface area contributed by atoms with Crippen LogP contribution in [0.4, 0.5) is 5.69 Å². The minimum Gasteiger partial charge on any atom is -0.493 e. The van der Waals surface area contributed by atoms with Crippen LogP contribution in [0.2, 0.25) is 5.02 Å². The molecule has 0 heterocycles. The minimum absolute atomic E-state index is 0.180. The Morgan fingerprint density at radius 1 is 1.04 bits per heavy atom.